The molecule has 26 heavy (non-hydrogen) atoms. The lowest BCUT2D eigenvalue weighted by molar-refractivity contribution is 0.0563. The SMILES string of the molecule is COC(=O)c1ccc(CSc2nc3sc4c(c3c(=O)[nH]2)CCC(C)C4)o1. The minimum atomic E-state index is -0.507. The first-order valence-electron chi connectivity index (χ1n) is 8.39. The highest BCUT2D eigenvalue weighted by Gasteiger charge is 2.23. The molecule has 8 heteroatoms. The Bertz CT molecular complexity index is 1030. The van der Waals surface area contributed by atoms with E-state index in [1.165, 1.54) is 29.3 Å². The zero-order valence-corrected chi connectivity index (χ0v) is 16.1. The summed E-state index contributed by atoms with van der Waals surface area (Å²) < 4.78 is 10.1. The van der Waals surface area contributed by atoms with Crippen molar-refractivity contribution in [3.8, 4) is 0 Å². The number of thioether (sulfide) groups is 1. The average molecular weight is 390 g/mol. The van der Waals surface area contributed by atoms with Gasteiger partial charge in [-0.05, 0) is 42.9 Å². The number of esters is 1. The van der Waals surface area contributed by atoms with Crippen LogP contribution in [-0.4, -0.2) is 23.0 Å². The number of ether oxygens (including phenoxy) is 1. The second-order valence-corrected chi connectivity index (χ2v) is 8.50. The number of carbonyl (C=O) groups excluding carboxylic acids is 1. The van der Waals surface area contributed by atoms with Crippen LogP contribution in [0.2, 0.25) is 0 Å². The molecular weight excluding hydrogens is 372 g/mol. The number of furan rings is 1. The van der Waals surface area contributed by atoms with E-state index in [4.69, 9.17) is 4.42 Å². The third-order valence-corrected chi connectivity index (χ3v) is 6.59. The number of nitrogens with zero attached hydrogens (tertiary/aromatic N) is 1. The number of aryl methyl sites for hydroxylation is 1. The topological polar surface area (TPSA) is 85.2 Å². The fourth-order valence-corrected chi connectivity index (χ4v) is 5.40. The van der Waals surface area contributed by atoms with Crippen molar-refractivity contribution >= 4 is 39.3 Å². The highest BCUT2D eigenvalue weighted by molar-refractivity contribution is 7.98. The van der Waals surface area contributed by atoms with Gasteiger partial charge < -0.3 is 14.1 Å². The molecule has 0 spiro atoms. The minimum absolute atomic E-state index is 0.0701. The van der Waals surface area contributed by atoms with Crippen LogP contribution in [0.4, 0.5) is 0 Å². The first kappa shape index (κ1) is 17.4. The van der Waals surface area contributed by atoms with E-state index < -0.39 is 5.97 Å². The molecule has 1 N–H and O–H groups in total. The molecule has 3 aromatic heterocycles. The standard InChI is InChI=1S/C18H18N2O4S2/c1-9-3-5-11-13(7-9)26-16-14(11)15(21)19-18(20-16)25-8-10-4-6-12(24-10)17(22)23-2/h4,6,9H,3,5,7-8H2,1-2H3,(H,19,20,21). The molecule has 0 radical (unpaired) electrons. The Labute approximate surface area is 158 Å². The molecular formula is C18H18N2O4S2. The predicted molar refractivity (Wildman–Crippen MR) is 101 cm³/mol. The van der Waals surface area contributed by atoms with Gasteiger partial charge in [0.15, 0.2) is 5.16 Å². The molecule has 136 valence electrons. The Balaban J connectivity index is 1.57. The van der Waals surface area contributed by atoms with Gasteiger partial charge in [-0.3, -0.25) is 4.79 Å². The lowest BCUT2D eigenvalue weighted by Crippen LogP contribution is -2.13. The molecule has 1 atom stereocenters. The highest BCUT2D eigenvalue weighted by Crippen LogP contribution is 2.36. The van der Waals surface area contributed by atoms with Gasteiger partial charge in [0.2, 0.25) is 5.76 Å². The number of fused-ring (bicyclic) bond motifs is 3. The van der Waals surface area contributed by atoms with Crippen LogP contribution in [0, 0.1) is 5.92 Å². The molecule has 0 aromatic carbocycles. The van der Waals surface area contributed by atoms with Gasteiger partial charge in [-0.2, -0.15) is 0 Å². The van der Waals surface area contributed by atoms with Gasteiger partial charge in [0.05, 0.1) is 18.2 Å². The van der Waals surface area contributed by atoms with Crippen LogP contribution in [0.1, 0.15) is 40.1 Å². The number of hydrogen-bond acceptors (Lipinski definition) is 7. The lowest BCUT2D eigenvalue weighted by atomic mass is 9.89. The largest absolute Gasteiger partial charge is 0.463 e. The number of aromatic nitrogens is 2. The van der Waals surface area contributed by atoms with Crippen LogP contribution in [0.15, 0.2) is 26.5 Å². The highest BCUT2D eigenvalue weighted by atomic mass is 32.2. The molecule has 1 aliphatic carbocycles. The van der Waals surface area contributed by atoms with E-state index in [0.29, 0.717) is 22.6 Å². The number of aromatic amines is 1. The smallest absolute Gasteiger partial charge is 0.373 e. The van der Waals surface area contributed by atoms with E-state index in [0.717, 1.165) is 29.5 Å². The third kappa shape index (κ3) is 3.19. The number of rotatable bonds is 4. The maximum absolute atomic E-state index is 12.6. The molecule has 3 aromatic rings. The van der Waals surface area contributed by atoms with Gasteiger partial charge in [0.1, 0.15) is 10.6 Å². The average Bonchev–Trinajstić information content (AvgIpc) is 3.23. The molecule has 4 rings (SSSR count). The summed E-state index contributed by atoms with van der Waals surface area (Å²) in [5.74, 6) is 1.41. The van der Waals surface area contributed by atoms with Crippen molar-refractivity contribution in [2.45, 2.75) is 37.1 Å². The number of H-pyrrole nitrogens is 1. The van der Waals surface area contributed by atoms with Crippen LogP contribution in [0.25, 0.3) is 10.2 Å². The maximum atomic E-state index is 12.6. The fourth-order valence-electron chi connectivity index (χ4n) is 3.20. The second-order valence-electron chi connectivity index (χ2n) is 6.45. The molecule has 0 saturated carbocycles. The van der Waals surface area contributed by atoms with Crippen LogP contribution < -0.4 is 5.56 Å². The summed E-state index contributed by atoms with van der Waals surface area (Å²) in [5.41, 5.74) is 1.11. The molecule has 1 aliphatic rings. The summed E-state index contributed by atoms with van der Waals surface area (Å²) in [7, 11) is 1.31. The van der Waals surface area contributed by atoms with Gasteiger partial charge in [0.25, 0.3) is 5.56 Å². The van der Waals surface area contributed by atoms with Gasteiger partial charge in [0, 0.05) is 4.88 Å². The van der Waals surface area contributed by atoms with Gasteiger partial charge >= 0.3 is 5.97 Å². The van der Waals surface area contributed by atoms with E-state index in [1.54, 1.807) is 23.5 Å². The van der Waals surface area contributed by atoms with Crippen molar-refractivity contribution in [1.29, 1.82) is 0 Å². The van der Waals surface area contributed by atoms with Crippen molar-refractivity contribution in [3.05, 3.63) is 44.4 Å². The number of hydrogen-bond donors (Lipinski definition) is 1. The normalized spacial score (nSPS) is 16.6. The molecule has 0 bridgehead atoms. The van der Waals surface area contributed by atoms with E-state index >= 15 is 0 Å². The van der Waals surface area contributed by atoms with Crippen LogP contribution in [0.3, 0.4) is 0 Å². The van der Waals surface area contributed by atoms with Gasteiger partial charge in [-0.25, -0.2) is 9.78 Å². The van der Waals surface area contributed by atoms with Crippen molar-refractivity contribution in [2.75, 3.05) is 7.11 Å². The second kappa shape index (κ2) is 6.92. The Kier molecular flexibility index (Phi) is 4.62. The third-order valence-electron chi connectivity index (χ3n) is 4.54. The van der Waals surface area contributed by atoms with Crippen LogP contribution in [-0.2, 0) is 23.3 Å². The van der Waals surface area contributed by atoms with Gasteiger partial charge in [-0.15, -0.1) is 11.3 Å². The monoisotopic (exact) mass is 390 g/mol. The molecule has 3 heterocycles. The zero-order valence-electron chi connectivity index (χ0n) is 14.5. The van der Waals surface area contributed by atoms with E-state index in [1.807, 2.05) is 0 Å². The molecule has 1 unspecified atom stereocenters. The number of carbonyl (C=O) groups is 1. The van der Waals surface area contributed by atoms with Crippen molar-refractivity contribution in [2.24, 2.45) is 5.92 Å². The van der Waals surface area contributed by atoms with E-state index in [-0.39, 0.29) is 11.3 Å². The van der Waals surface area contributed by atoms with E-state index in [2.05, 4.69) is 21.6 Å². The van der Waals surface area contributed by atoms with Crippen molar-refractivity contribution in [1.82, 2.24) is 9.97 Å². The Hall–Kier alpha value is -2.06. The first-order valence-corrected chi connectivity index (χ1v) is 10.2. The lowest BCUT2D eigenvalue weighted by Gasteiger charge is -2.17. The summed E-state index contributed by atoms with van der Waals surface area (Å²) in [6.45, 7) is 2.25. The summed E-state index contributed by atoms with van der Waals surface area (Å²) >= 11 is 3.01. The summed E-state index contributed by atoms with van der Waals surface area (Å²) in [6, 6.07) is 3.30. The minimum Gasteiger partial charge on any atom is -0.463 e. The van der Waals surface area contributed by atoms with Crippen molar-refractivity contribution < 1.29 is 13.9 Å². The number of nitrogens with one attached hydrogen (secondary N) is 1. The molecule has 0 aliphatic heterocycles. The zero-order chi connectivity index (χ0) is 18.3. The van der Waals surface area contributed by atoms with Crippen LogP contribution in [0.5, 0.6) is 0 Å². The first-order chi connectivity index (χ1) is 12.5. The van der Waals surface area contributed by atoms with Crippen LogP contribution >= 0.6 is 23.1 Å². The maximum Gasteiger partial charge on any atom is 0.373 e. The predicted octanol–water partition coefficient (Wildman–Crippen LogP) is 3.78. The molecule has 0 saturated heterocycles. The summed E-state index contributed by atoms with van der Waals surface area (Å²) in [6.07, 6.45) is 3.10. The van der Waals surface area contributed by atoms with Crippen molar-refractivity contribution in [3.63, 3.8) is 0 Å². The Morgan fingerprint density at radius 2 is 2.35 bits per heavy atom. The molecule has 0 fully saturated rings. The molecule has 6 nitrogen and oxygen atoms in total. The molecule has 0 amide bonds. The fraction of sp³-hybridized carbons (Fsp3) is 0.389. The number of thiophene rings is 1. The van der Waals surface area contributed by atoms with E-state index in [9.17, 15) is 9.59 Å². The number of methoxy groups -OCH3 is 1. The quantitative estimate of drug-likeness (QED) is 0.414. The van der Waals surface area contributed by atoms with Gasteiger partial charge in [-0.1, -0.05) is 18.7 Å². The Morgan fingerprint density at radius 1 is 1.50 bits per heavy atom. The Morgan fingerprint density at radius 3 is 3.15 bits per heavy atom. The summed E-state index contributed by atoms with van der Waals surface area (Å²) in [5, 5.41) is 1.32. The summed E-state index contributed by atoms with van der Waals surface area (Å²) in [4.78, 5) is 33.6.